The number of anilines is 1. The van der Waals surface area contributed by atoms with Crippen LogP contribution in [-0.4, -0.2) is 41.0 Å². The predicted molar refractivity (Wildman–Crippen MR) is 133 cm³/mol. The number of nitrogens with one attached hydrogen (secondary N) is 1. The van der Waals surface area contributed by atoms with Crippen molar-refractivity contribution in [3.8, 4) is 6.07 Å². The molecule has 2 aromatic rings. The Morgan fingerprint density at radius 1 is 1.22 bits per heavy atom. The number of halogens is 1. The summed E-state index contributed by atoms with van der Waals surface area (Å²) in [5.41, 5.74) is -1.23. The molecule has 3 fully saturated rings. The minimum absolute atomic E-state index is 0.0142. The van der Waals surface area contributed by atoms with Crippen LogP contribution in [-0.2, 0) is 11.1 Å². The average molecular weight is 498 g/mol. The predicted octanol–water partition coefficient (Wildman–Crippen LogP) is 4.97. The molecule has 9 heteroatoms. The van der Waals surface area contributed by atoms with Crippen LogP contribution in [0.15, 0.2) is 28.8 Å². The maximum Gasteiger partial charge on any atom is 0.321 e. The van der Waals surface area contributed by atoms with Crippen molar-refractivity contribution < 1.29 is 18.8 Å². The van der Waals surface area contributed by atoms with Gasteiger partial charge in [-0.1, -0.05) is 25.1 Å². The SMILES string of the molecule is CC(C)(CO)CNC(=O)N(CC12CCC(c3noc(C(C)(C)F)n3)(CC1)CC2)c1cccc(C#N)c1. The van der Waals surface area contributed by atoms with Crippen molar-refractivity contribution in [3.63, 3.8) is 0 Å². The van der Waals surface area contributed by atoms with Gasteiger partial charge in [-0.25, -0.2) is 9.18 Å². The quantitative estimate of drug-likeness (QED) is 0.532. The smallest absolute Gasteiger partial charge is 0.321 e. The maximum atomic E-state index is 14.3. The molecule has 1 heterocycles. The third-order valence-electron chi connectivity index (χ3n) is 7.98. The Labute approximate surface area is 211 Å². The Balaban J connectivity index is 1.53. The maximum absolute atomic E-state index is 14.3. The molecule has 194 valence electrons. The van der Waals surface area contributed by atoms with Gasteiger partial charge in [0.05, 0.1) is 11.6 Å². The lowest BCUT2D eigenvalue weighted by Crippen LogP contribution is -2.53. The Morgan fingerprint density at radius 3 is 2.44 bits per heavy atom. The molecule has 0 radical (unpaired) electrons. The number of nitrogens with zero attached hydrogens (tertiary/aromatic N) is 4. The van der Waals surface area contributed by atoms with Gasteiger partial charge in [-0.3, -0.25) is 4.90 Å². The first-order chi connectivity index (χ1) is 16.9. The van der Waals surface area contributed by atoms with Gasteiger partial charge >= 0.3 is 6.03 Å². The Morgan fingerprint density at radius 2 is 1.89 bits per heavy atom. The summed E-state index contributed by atoms with van der Waals surface area (Å²) < 4.78 is 19.6. The number of aliphatic hydroxyl groups is 1. The van der Waals surface area contributed by atoms with Crippen LogP contribution in [0.25, 0.3) is 0 Å². The molecule has 2 bridgehead atoms. The second kappa shape index (κ2) is 9.47. The number of aliphatic hydroxyl groups excluding tert-OH is 1. The summed E-state index contributed by atoms with van der Waals surface area (Å²) >= 11 is 0. The van der Waals surface area contributed by atoms with E-state index in [4.69, 9.17) is 4.52 Å². The number of carbonyl (C=O) groups is 1. The van der Waals surface area contributed by atoms with Crippen LogP contribution in [0.2, 0.25) is 0 Å². The number of hydrogen-bond acceptors (Lipinski definition) is 6. The largest absolute Gasteiger partial charge is 0.396 e. The third-order valence-corrected chi connectivity index (χ3v) is 7.98. The van der Waals surface area contributed by atoms with Gasteiger partial charge in [-0.15, -0.1) is 0 Å². The second-order valence-electron chi connectivity index (χ2n) is 11.9. The number of rotatable bonds is 8. The van der Waals surface area contributed by atoms with Crippen LogP contribution in [0.1, 0.15) is 83.5 Å². The van der Waals surface area contributed by atoms with E-state index in [0.29, 0.717) is 30.2 Å². The van der Waals surface area contributed by atoms with Crippen LogP contribution < -0.4 is 10.2 Å². The van der Waals surface area contributed by atoms with Gasteiger partial charge < -0.3 is 14.9 Å². The summed E-state index contributed by atoms with van der Waals surface area (Å²) in [5, 5.41) is 26.1. The first kappa shape index (κ1) is 26.1. The van der Waals surface area contributed by atoms with Crippen molar-refractivity contribution in [1.82, 2.24) is 15.5 Å². The van der Waals surface area contributed by atoms with Crippen LogP contribution in [0, 0.1) is 22.2 Å². The van der Waals surface area contributed by atoms with E-state index in [1.54, 1.807) is 23.1 Å². The number of hydrogen-bond donors (Lipinski definition) is 2. The van der Waals surface area contributed by atoms with E-state index in [1.165, 1.54) is 13.8 Å². The summed E-state index contributed by atoms with van der Waals surface area (Å²) in [7, 11) is 0. The lowest BCUT2D eigenvalue weighted by atomic mass is 9.53. The lowest BCUT2D eigenvalue weighted by molar-refractivity contribution is 0.0406. The van der Waals surface area contributed by atoms with Gasteiger partial charge in [0.15, 0.2) is 11.5 Å². The van der Waals surface area contributed by atoms with Crippen LogP contribution in [0.3, 0.4) is 0 Å². The molecule has 1 aromatic heterocycles. The highest BCUT2D eigenvalue weighted by atomic mass is 19.1. The molecule has 36 heavy (non-hydrogen) atoms. The van der Waals surface area contributed by atoms with Crippen molar-refractivity contribution >= 4 is 11.7 Å². The second-order valence-corrected chi connectivity index (χ2v) is 11.9. The molecule has 3 aliphatic rings. The molecule has 0 atom stereocenters. The van der Waals surface area contributed by atoms with E-state index >= 15 is 0 Å². The van der Waals surface area contributed by atoms with Crippen molar-refractivity contribution in [2.24, 2.45) is 10.8 Å². The number of carbonyl (C=O) groups excluding carboxylic acids is 1. The topological polar surface area (TPSA) is 115 Å². The summed E-state index contributed by atoms with van der Waals surface area (Å²) in [6.45, 7) is 7.43. The molecule has 3 aliphatic carbocycles. The van der Waals surface area contributed by atoms with Gasteiger partial charge in [0.25, 0.3) is 5.89 Å². The highest BCUT2D eigenvalue weighted by Crippen LogP contribution is 2.57. The molecular weight excluding hydrogens is 461 g/mol. The van der Waals surface area contributed by atoms with Crippen LogP contribution in [0.5, 0.6) is 0 Å². The molecule has 5 rings (SSSR count). The first-order valence-electron chi connectivity index (χ1n) is 12.6. The zero-order valence-corrected chi connectivity index (χ0v) is 21.6. The minimum Gasteiger partial charge on any atom is -0.396 e. The number of fused-ring (bicyclic) bond motifs is 3. The number of nitriles is 1. The summed E-state index contributed by atoms with van der Waals surface area (Å²) in [6, 6.07) is 9.02. The van der Waals surface area contributed by atoms with Gasteiger partial charge in [0.1, 0.15) is 0 Å². The van der Waals surface area contributed by atoms with E-state index in [-0.39, 0.29) is 29.4 Å². The average Bonchev–Trinajstić information content (AvgIpc) is 3.39. The zero-order valence-electron chi connectivity index (χ0n) is 21.6. The fourth-order valence-corrected chi connectivity index (χ4v) is 5.34. The van der Waals surface area contributed by atoms with Gasteiger partial charge in [0.2, 0.25) is 0 Å². The summed E-state index contributed by atoms with van der Waals surface area (Å²) in [6.07, 6.45) is 5.22. The van der Waals surface area contributed by atoms with Gasteiger partial charge in [0, 0.05) is 36.2 Å². The Kier molecular flexibility index (Phi) is 6.86. The molecule has 1 aromatic carbocycles. The monoisotopic (exact) mass is 497 g/mol. The van der Waals surface area contributed by atoms with Crippen molar-refractivity contribution in [1.29, 1.82) is 5.26 Å². The molecule has 3 saturated carbocycles. The first-order valence-corrected chi connectivity index (χ1v) is 12.6. The molecule has 2 amide bonds. The third kappa shape index (κ3) is 5.24. The van der Waals surface area contributed by atoms with Gasteiger partial charge in [-0.2, -0.15) is 10.2 Å². The van der Waals surface area contributed by atoms with E-state index in [1.807, 2.05) is 19.9 Å². The van der Waals surface area contributed by atoms with Gasteiger partial charge in [-0.05, 0) is 76.0 Å². The van der Waals surface area contributed by atoms with E-state index < -0.39 is 11.1 Å². The van der Waals surface area contributed by atoms with E-state index in [0.717, 1.165) is 38.5 Å². The van der Waals surface area contributed by atoms with Crippen LogP contribution >= 0.6 is 0 Å². The van der Waals surface area contributed by atoms with Crippen molar-refractivity contribution in [3.05, 3.63) is 41.5 Å². The fraction of sp³-hybridized carbons (Fsp3) is 0.630. The molecule has 0 unspecified atom stereocenters. The molecule has 0 spiro atoms. The Bertz CT molecular complexity index is 1120. The van der Waals surface area contributed by atoms with Crippen LogP contribution in [0.4, 0.5) is 14.9 Å². The highest BCUT2D eigenvalue weighted by Gasteiger charge is 2.52. The standard InChI is InChI=1S/C27H36FN5O3/c1-24(2,18-34)16-30-23(35)33(20-7-5-6-19(14-20)15-29)17-26-8-11-27(12-9-26,13-10-26)21-31-22(36-32-21)25(3,4)28/h5-7,14,34H,8-13,16-18H2,1-4H3,(H,30,35). The molecule has 2 N–H and O–H groups in total. The molecule has 8 nitrogen and oxygen atoms in total. The normalized spacial score (nSPS) is 23.8. The zero-order chi connectivity index (χ0) is 26.2. The van der Waals surface area contributed by atoms with Crippen molar-refractivity contribution in [2.75, 3.05) is 24.6 Å². The van der Waals surface area contributed by atoms with E-state index in [2.05, 4.69) is 21.5 Å². The highest BCUT2D eigenvalue weighted by molar-refractivity contribution is 5.92. The minimum atomic E-state index is -1.68. The summed E-state index contributed by atoms with van der Waals surface area (Å²) in [5.74, 6) is 0.611. The summed E-state index contributed by atoms with van der Waals surface area (Å²) in [4.78, 5) is 19.6. The fourth-order valence-electron chi connectivity index (χ4n) is 5.34. The Hall–Kier alpha value is -2.99. The molecule has 0 saturated heterocycles. The molecular formula is C27H36FN5O3. The van der Waals surface area contributed by atoms with E-state index in [9.17, 15) is 19.6 Å². The lowest BCUT2D eigenvalue weighted by Gasteiger charge is -2.53. The number of aromatic nitrogens is 2. The number of urea groups is 1. The molecule has 0 aliphatic heterocycles. The number of alkyl halides is 1. The number of benzene rings is 1. The number of amides is 2. The van der Waals surface area contributed by atoms with Crippen molar-refractivity contribution in [2.45, 2.75) is 77.3 Å².